The first-order chi connectivity index (χ1) is 18.2. The number of benzene rings is 2. The fraction of sp³-hybridized carbons (Fsp3) is 0.308. The topological polar surface area (TPSA) is 154 Å². The summed E-state index contributed by atoms with van der Waals surface area (Å²) >= 11 is 0. The number of hydrogen-bond acceptors (Lipinski definition) is 6. The molecule has 39 heavy (non-hydrogen) atoms. The monoisotopic (exact) mass is 550 g/mol. The average Bonchev–Trinajstić information content (AvgIpc) is 3.49. The maximum atomic E-state index is 12.9. The van der Waals surface area contributed by atoms with Crippen LogP contribution in [0.2, 0.25) is 0 Å². The molecular weight excluding hydrogens is 520 g/mol. The summed E-state index contributed by atoms with van der Waals surface area (Å²) in [6.45, 7) is 9.21. The van der Waals surface area contributed by atoms with Crippen molar-refractivity contribution in [1.82, 2.24) is 28.8 Å². The molecule has 1 aliphatic heterocycles. The number of rotatable bonds is 5. The SMILES string of the molecule is CC(C)(C)c1cc(NC(=O)Nc2nc3ccccc3[nH]2)n(-c2ccc(CN3C(C)(C)C(=O)NS3(=O)=O)cc2)n1. The molecule has 0 atom stereocenters. The van der Waals surface area contributed by atoms with Crippen LogP contribution in [0.5, 0.6) is 0 Å². The minimum atomic E-state index is -3.92. The number of H-pyrrole nitrogens is 1. The predicted molar refractivity (Wildman–Crippen MR) is 148 cm³/mol. The number of carbonyl (C=O) groups excluding carboxylic acids is 2. The molecule has 12 nitrogen and oxygen atoms in total. The minimum absolute atomic E-state index is 0.0196. The molecule has 3 heterocycles. The number of aromatic amines is 1. The van der Waals surface area contributed by atoms with Crippen LogP contribution in [0.1, 0.15) is 45.9 Å². The number of amides is 3. The molecule has 204 valence electrons. The molecular formula is C26H30N8O4S. The summed E-state index contributed by atoms with van der Waals surface area (Å²) in [6, 6.07) is 15.9. The average molecular weight is 551 g/mol. The highest BCUT2D eigenvalue weighted by Gasteiger charge is 2.50. The van der Waals surface area contributed by atoms with Gasteiger partial charge < -0.3 is 4.98 Å². The summed E-state index contributed by atoms with van der Waals surface area (Å²) in [6.07, 6.45) is 0. The second-order valence-electron chi connectivity index (χ2n) is 10.9. The molecule has 3 amide bonds. The maximum absolute atomic E-state index is 12.9. The molecule has 4 N–H and O–H groups in total. The van der Waals surface area contributed by atoms with Gasteiger partial charge in [0.1, 0.15) is 11.4 Å². The van der Waals surface area contributed by atoms with E-state index in [2.05, 4.69) is 25.3 Å². The van der Waals surface area contributed by atoms with E-state index in [1.807, 2.05) is 51.1 Å². The van der Waals surface area contributed by atoms with Crippen LogP contribution in [-0.4, -0.2) is 49.9 Å². The van der Waals surface area contributed by atoms with Crippen LogP contribution in [0.4, 0.5) is 16.6 Å². The van der Waals surface area contributed by atoms with E-state index in [9.17, 15) is 18.0 Å². The van der Waals surface area contributed by atoms with Crippen molar-refractivity contribution in [2.45, 2.75) is 52.1 Å². The Morgan fingerprint density at radius 3 is 2.36 bits per heavy atom. The lowest BCUT2D eigenvalue weighted by molar-refractivity contribution is -0.125. The van der Waals surface area contributed by atoms with Gasteiger partial charge in [0.15, 0.2) is 0 Å². The number of imidazole rings is 1. The Bertz CT molecular complexity index is 1650. The smallest absolute Gasteiger partial charge is 0.324 e. The van der Waals surface area contributed by atoms with E-state index >= 15 is 0 Å². The fourth-order valence-electron chi connectivity index (χ4n) is 4.20. The molecule has 5 rings (SSSR count). The van der Waals surface area contributed by atoms with Gasteiger partial charge in [-0.2, -0.15) is 17.8 Å². The molecule has 0 radical (unpaired) electrons. The molecule has 4 aromatic rings. The van der Waals surface area contributed by atoms with Gasteiger partial charge in [-0.05, 0) is 43.7 Å². The Hall–Kier alpha value is -4.23. The summed E-state index contributed by atoms with van der Waals surface area (Å²) in [5, 5.41) is 10.3. The van der Waals surface area contributed by atoms with Crippen molar-refractivity contribution in [2.75, 3.05) is 10.6 Å². The van der Waals surface area contributed by atoms with Crippen LogP contribution >= 0.6 is 0 Å². The molecule has 1 fully saturated rings. The van der Waals surface area contributed by atoms with E-state index in [4.69, 9.17) is 5.10 Å². The summed E-state index contributed by atoms with van der Waals surface area (Å²) < 4.78 is 29.7. The Morgan fingerprint density at radius 2 is 1.74 bits per heavy atom. The van der Waals surface area contributed by atoms with Gasteiger partial charge in [0.05, 0.1) is 22.4 Å². The zero-order chi connectivity index (χ0) is 28.2. The summed E-state index contributed by atoms with van der Waals surface area (Å²) in [4.78, 5) is 32.4. The molecule has 13 heteroatoms. The van der Waals surface area contributed by atoms with Crippen LogP contribution in [0.25, 0.3) is 16.7 Å². The zero-order valence-corrected chi connectivity index (χ0v) is 23.0. The van der Waals surface area contributed by atoms with E-state index in [0.29, 0.717) is 23.0 Å². The van der Waals surface area contributed by atoms with Gasteiger partial charge in [-0.3, -0.25) is 15.4 Å². The third kappa shape index (κ3) is 5.10. The number of nitrogens with zero attached hydrogens (tertiary/aromatic N) is 4. The number of carbonyl (C=O) groups is 2. The number of fused-ring (bicyclic) bond motifs is 1. The van der Waals surface area contributed by atoms with Gasteiger partial charge in [0.25, 0.3) is 5.91 Å². The van der Waals surface area contributed by atoms with Crippen LogP contribution in [0.15, 0.2) is 54.6 Å². The van der Waals surface area contributed by atoms with Crippen molar-refractivity contribution >= 4 is 44.9 Å². The first kappa shape index (κ1) is 26.4. The lowest BCUT2D eigenvalue weighted by atomic mass is 9.92. The van der Waals surface area contributed by atoms with Gasteiger partial charge >= 0.3 is 16.2 Å². The summed E-state index contributed by atoms with van der Waals surface area (Å²) in [7, 11) is -3.92. The van der Waals surface area contributed by atoms with Crippen molar-refractivity contribution in [1.29, 1.82) is 0 Å². The van der Waals surface area contributed by atoms with Crippen molar-refractivity contribution in [2.24, 2.45) is 0 Å². The van der Waals surface area contributed by atoms with Gasteiger partial charge in [-0.25, -0.2) is 19.2 Å². The van der Waals surface area contributed by atoms with Crippen molar-refractivity contribution in [3.8, 4) is 5.69 Å². The molecule has 0 saturated carbocycles. The van der Waals surface area contributed by atoms with Crippen molar-refractivity contribution < 1.29 is 18.0 Å². The molecule has 2 aromatic heterocycles. The minimum Gasteiger partial charge on any atom is -0.324 e. The van der Waals surface area contributed by atoms with Crippen molar-refractivity contribution in [3.05, 3.63) is 65.9 Å². The lowest BCUT2D eigenvalue weighted by Crippen LogP contribution is -2.43. The highest BCUT2D eigenvalue weighted by atomic mass is 32.2. The highest BCUT2D eigenvalue weighted by Crippen LogP contribution is 2.29. The zero-order valence-electron chi connectivity index (χ0n) is 22.2. The molecule has 0 bridgehead atoms. The van der Waals surface area contributed by atoms with Crippen molar-refractivity contribution in [3.63, 3.8) is 0 Å². The van der Waals surface area contributed by atoms with E-state index in [0.717, 1.165) is 21.0 Å². The third-order valence-corrected chi connectivity index (χ3v) is 8.15. The maximum Gasteiger partial charge on any atom is 0.327 e. The van der Waals surface area contributed by atoms with Gasteiger partial charge in [0, 0.05) is 18.0 Å². The van der Waals surface area contributed by atoms with Crippen LogP contribution in [0.3, 0.4) is 0 Å². The molecule has 0 aliphatic carbocycles. The quantitative estimate of drug-likeness (QED) is 0.297. The van der Waals surface area contributed by atoms with Gasteiger partial charge in [-0.1, -0.05) is 45.0 Å². The lowest BCUT2D eigenvalue weighted by Gasteiger charge is -2.25. The number of urea groups is 1. The van der Waals surface area contributed by atoms with Crippen LogP contribution < -0.4 is 15.4 Å². The molecule has 2 aromatic carbocycles. The largest absolute Gasteiger partial charge is 0.327 e. The fourth-order valence-corrected chi connectivity index (χ4v) is 5.80. The Labute approximate surface area is 226 Å². The number of para-hydroxylation sites is 2. The second-order valence-corrected chi connectivity index (χ2v) is 12.5. The molecule has 1 saturated heterocycles. The highest BCUT2D eigenvalue weighted by molar-refractivity contribution is 7.88. The Morgan fingerprint density at radius 1 is 1.05 bits per heavy atom. The standard InChI is InChI=1S/C26H30N8O4S/c1-25(2,3)20-14-21(29-24(36)30-23-27-18-8-6-7-9-19(18)28-23)34(31-20)17-12-10-16(11-13-17)15-33-26(4,5)22(35)32-39(33,37)38/h6-14H,15H2,1-5H3,(H,32,35)(H3,27,28,29,30,36). The Balaban J connectivity index is 1.39. The Kier molecular flexibility index (Phi) is 6.23. The second kappa shape index (κ2) is 9.20. The molecule has 1 aliphatic rings. The van der Waals surface area contributed by atoms with Gasteiger partial charge in [0.2, 0.25) is 5.95 Å². The molecule has 0 unspecified atom stereocenters. The summed E-state index contributed by atoms with van der Waals surface area (Å²) in [5.41, 5.74) is 2.16. The van der Waals surface area contributed by atoms with Gasteiger partial charge in [-0.15, -0.1) is 0 Å². The third-order valence-electron chi connectivity index (χ3n) is 6.54. The first-order valence-corrected chi connectivity index (χ1v) is 13.8. The normalized spacial score (nSPS) is 16.8. The van der Waals surface area contributed by atoms with E-state index in [-0.39, 0.29) is 12.0 Å². The van der Waals surface area contributed by atoms with E-state index in [1.165, 1.54) is 0 Å². The summed E-state index contributed by atoms with van der Waals surface area (Å²) in [5.74, 6) is 0.189. The first-order valence-electron chi connectivity index (χ1n) is 12.3. The molecule has 0 spiro atoms. The number of hydrogen-bond donors (Lipinski definition) is 4. The number of aromatic nitrogens is 4. The van der Waals surface area contributed by atoms with Crippen LogP contribution in [0, 0.1) is 0 Å². The van der Waals surface area contributed by atoms with Crippen LogP contribution in [-0.2, 0) is 27.0 Å². The number of nitrogens with one attached hydrogen (secondary N) is 4. The number of anilines is 2. The predicted octanol–water partition coefficient (Wildman–Crippen LogP) is 3.65. The van der Waals surface area contributed by atoms with E-state index in [1.54, 1.807) is 42.8 Å². The van der Waals surface area contributed by atoms with E-state index < -0.39 is 27.7 Å².